The maximum Gasteiger partial charge on any atom is 0.0644 e. The van der Waals surface area contributed by atoms with Gasteiger partial charge >= 0.3 is 0 Å². The normalized spacial score (nSPS) is 13.3. The van der Waals surface area contributed by atoms with E-state index in [0.29, 0.717) is 6.54 Å². The molecule has 1 heterocycles. The van der Waals surface area contributed by atoms with Crippen molar-refractivity contribution < 1.29 is 5.11 Å². The van der Waals surface area contributed by atoms with Crippen LogP contribution in [-0.4, -0.2) is 21.5 Å². The lowest BCUT2D eigenvalue weighted by Crippen LogP contribution is -2.32. The van der Waals surface area contributed by atoms with E-state index in [1.54, 1.807) is 0 Å². The number of nitrogens with one attached hydrogen (secondary N) is 1. The molecular formula is C20H31N3O. The SMILES string of the molecule is Cc1cccc(C(NCc2c(C)nn(CCO)c2C)C(C)(C)C)c1. The van der Waals surface area contributed by atoms with Crippen LogP contribution in [0.2, 0.25) is 0 Å². The van der Waals surface area contributed by atoms with E-state index in [2.05, 4.69) is 69.3 Å². The lowest BCUT2D eigenvalue weighted by atomic mass is 9.82. The lowest BCUT2D eigenvalue weighted by molar-refractivity contribution is 0.267. The topological polar surface area (TPSA) is 50.1 Å². The zero-order valence-electron chi connectivity index (χ0n) is 15.8. The van der Waals surface area contributed by atoms with Crippen LogP contribution in [0.3, 0.4) is 0 Å². The number of rotatable bonds is 6. The molecule has 1 aromatic heterocycles. The van der Waals surface area contributed by atoms with Crippen LogP contribution < -0.4 is 5.32 Å². The first kappa shape index (κ1) is 18.7. The Morgan fingerprint density at radius 1 is 1.21 bits per heavy atom. The summed E-state index contributed by atoms with van der Waals surface area (Å²) < 4.78 is 1.89. The highest BCUT2D eigenvalue weighted by molar-refractivity contribution is 5.28. The summed E-state index contributed by atoms with van der Waals surface area (Å²) >= 11 is 0. The molecule has 2 aromatic rings. The molecule has 2 rings (SSSR count). The van der Waals surface area contributed by atoms with Gasteiger partial charge in [0.05, 0.1) is 18.8 Å². The van der Waals surface area contributed by atoms with Crippen molar-refractivity contribution in [2.24, 2.45) is 5.41 Å². The second-order valence-corrected chi connectivity index (χ2v) is 7.69. The molecule has 4 nitrogen and oxygen atoms in total. The van der Waals surface area contributed by atoms with Gasteiger partial charge in [0.15, 0.2) is 0 Å². The second kappa shape index (κ2) is 7.49. The molecule has 0 bridgehead atoms. The predicted octanol–water partition coefficient (Wildman–Crippen LogP) is 3.68. The fraction of sp³-hybridized carbons (Fsp3) is 0.550. The summed E-state index contributed by atoms with van der Waals surface area (Å²) in [4.78, 5) is 0. The summed E-state index contributed by atoms with van der Waals surface area (Å²) in [5.74, 6) is 0. The van der Waals surface area contributed by atoms with Crippen LogP contribution in [-0.2, 0) is 13.1 Å². The molecule has 2 N–H and O–H groups in total. The third kappa shape index (κ3) is 4.25. The maximum atomic E-state index is 9.17. The van der Waals surface area contributed by atoms with E-state index in [-0.39, 0.29) is 18.1 Å². The van der Waals surface area contributed by atoms with Crippen LogP contribution in [0.1, 0.15) is 54.9 Å². The molecule has 0 saturated carbocycles. The summed E-state index contributed by atoms with van der Waals surface area (Å²) in [5.41, 5.74) is 6.10. The highest BCUT2D eigenvalue weighted by Gasteiger charge is 2.26. The maximum absolute atomic E-state index is 9.17. The molecule has 1 unspecified atom stereocenters. The number of aromatic nitrogens is 2. The average molecular weight is 329 g/mol. The summed E-state index contributed by atoms with van der Waals surface area (Å²) in [6, 6.07) is 8.98. The number of aryl methyl sites for hydroxylation is 2. The van der Waals surface area contributed by atoms with Gasteiger partial charge in [-0.3, -0.25) is 4.68 Å². The fourth-order valence-corrected chi connectivity index (χ4v) is 3.28. The van der Waals surface area contributed by atoms with Crippen LogP contribution in [0.25, 0.3) is 0 Å². The van der Waals surface area contributed by atoms with Crippen LogP contribution in [0.5, 0.6) is 0 Å². The van der Waals surface area contributed by atoms with E-state index >= 15 is 0 Å². The van der Waals surface area contributed by atoms with Crippen molar-refractivity contribution in [3.05, 3.63) is 52.3 Å². The molecule has 0 aliphatic carbocycles. The Morgan fingerprint density at radius 2 is 1.92 bits per heavy atom. The van der Waals surface area contributed by atoms with Gasteiger partial charge < -0.3 is 10.4 Å². The minimum absolute atomic E-state index is 0.108. The number of aliphatic hydroxyl groups is 1. The van der Waals surface area contributed by atoms with E-state index in [1.807, 2.05) is 11.6 Å². The lowest BCUT2D eigenvalue weighted by Gasteiger charge is -2.32. The first-order valence-corrected chi connectivity index (χ1v) is 8.67. The molecule has 4 heteroatoms. The Labute approximate surface area is 145 Å². The summed E-state index contributed by atoms with van der Waals surface area (Å²) in [7, 11) is 0. The van der Waals surface area contributed by atoms with Gasteiger partial charge in [-0.25, -0.2) is 0 Å². The average Bonchev–Trinajstić information content (AvgIpc) is 2.74. The molecule has 132 valence electrons. The first-order chi connectivity index (χ1) is 11.2. The Bertz CT molecular complexity index is 683. The molecule has 1 aromatic carbocycles. The number of aliphatic hydroxyl groups excluding tert-OH is 1. The molecular weight excluding hydrogens is 298 g/mol. The Hall–Kier alpha value is -1.65. The Balaban J connectivity index is 2.23. The smallest absolute Gasteiger partial charge is 0.0644 e. The van der Waals surface area contributed by atoms with Gasteiger partial charge in [0.2, 0.25) is 0 Å². The monoisotopic (exact) mass is 329 g/mol. The van der Waals surface area contributed by atoms with E-state index < -0.39 is 0 Å². The molecule has 0 fully saturated rings. The quantitative estimate of drug-likeness (QED) is 0.850. The number of benzene rings is 1. The first-order valence-electron chi connectivity index (χ1n) is 8.67. The van der Waals surface area contributed by atoms with Crippen molar-refractivity contribution in [1.29, 1.82) is 0 Å². The number of hydrogen-bond acceptors (Lipinski definition) is 3. The predicted molar refractivity (Wildman–Crippen MR) is 99.0 cm³/mol. The van der Waals surface area contributed by atoms with Gasteiger partial charge in [-0.15, -0.1) is 0 Å². The van der Waals surface area contributed by atoms with Crippen LogP contribution in [0, 0.1) is 26.2 Å². The van der Waals surface area contributed by atoms with Crippen molar-refractivity contribution in [2.45, 2.75) is 60.7 Å². The van der Waals surface area contributed by atoms with Crippen LogP contribution >= 0.6 is 0 Å². The zero-order chi connectivity index (χ0) is 17.9. The van der Waals surface area contributed by atoms with Gasteiger partial charge in [-0.2, -0.15) is 5.10 Å². The fourth-order valence-electron chi connectivity index (χ4n) is 3.28. The van der Waals surface area contributed by atoms with E-state index in [1.165, 1.54) is 16.7 Å². The molecule has 1 atom stereocenters. The highest BCUT2D eigenvalue weighted by atomic mass is 16.3. The highest BCUT2D eigenvalue weighted by Crippen LogP contribution is 2.33. The van der Waals surface area contributed by atoms with Crippen LogP contribution in [0.4, 0.5) is 0 Å². The Kier molecular flexibility index (Phi) is 5.83. The largest absolute Gasteiger partial charge is 0.394 e. The molecule has 0 saturated heterocycles. The van der Waals surface area contributed by atoms with Crippen molar-refractivity contribution >= 4 is 0 Å². The van der Waals surface area contributed by atoms with Crippen molar-refractivity contribution in [3.63, 3.8) is 0 Å². The van der Waals surface area contributed by atoms with E-state index in [9.17, 15) is 0 Å². The zero-order valence-corrected chi connectivity index (χ0v) is 15.8. The van der Waals surface area contributed by atoms with Gasteiger partial charge in [0.1, 0.15) is 0 Å². The summed E-state index contributed by atoms with van der Waals surface area (Å²) in [6.07, 6.45) is 0. The minimum atomic E-state index is 0.108. The summed E-state index contributed by atoms with van der Waals surface area (Å²) in [6.45, 7) is 14.5. The van der Waals surface area contributed by atoms with E-state index in [4.69, 9.17) is 5.11 Å². The molecule has 24 heavy (non-hydrogen) atoms. The molecule has 0 amide bonds. The van der Waals surface area contributed by atoms with Crippen molar-refractivity contribution in [1.82, 2.24) is 15.1 Å². The van der Waals surface area contributed by atoms with Gasteiger partial charge in [-0.1, -0.05) is 50.6 Å². The van der Waals surface area contributed by atoms with Crippen molar-refractivity contribution in [2.75, 3.05) is 6.61 Å². The van der Waals surface area contributed by atoms with Gasteiger partial charge in [0, 0.05) is 23.8 Å². The molecule has 0 spiro atoms. The van der Waals surface area contributed by atoms with Gasteiger partial charge in [0.25, 0.3) is 0 Å². The van der Waals surface area contributed by atoms with Crippen LogP contribution in [0.15, 0.2) is 24.3 Å². The van der Waals surface area contributed by atoms with E-state index in [0.717, 1.165) is 17.9 Å². The Morgan fingerprint density at radius 3 is 2.50 bits per heavy atom. The summed E-state index contributed by atoms with van der Waals surface area (Å²) in [5, 5.41) is 17.5. The number of hydrogen-bond donors (Lipinski definition) is 2. The third-order valence-electron chi connectivity index (χ3n) is 4.57. The molecule has 0 aliphatic rings. The minimum Gasteiger partial charge on any atom is -0.394 e. The van der Waals surface area contributed by atoms with Gasteiger partial charge in [-0.05, 0) is 31.7 Å². The molecule has 0 radical (unpaired) electrons. The molecule has 0 aliphatic heterocycles. The van der Waals surface area contributed by atoms with Crippen molar-refractivity contribution in [3.8, 4) is 0 Å². The second-order valence-electron chi connectivity index (χ2n) is 7.69. The third-order valence-corrected chi connectivity index (χ3v) is 4.57. The number of nitrogens with zero attached hydrogens (tertiary/aromatic N) is 2. The standard InChI is InChI=1S/C20H31N3O/c1-14-8-7-9-17(12-14)19(20(4,5)6)21-13-18-15(2)22-23(10-11-24)16(18)3/h7-9,12,19,21,24H,10-11,13H2,1-6H3.